The first-order chi connectivity index (χ1) is 15.3. The molecule has 0 bridgehead atoms. The number of carbonyl (C=O) groups is 3. The van der Waals surface area contributed by atoms with Crippen molar-refractivity contribution in [1.82, 2.24) is 10.2 Å². The third-order valence-corrected chi connectivity index (χ3v) is 5.24. The highest BCUT2D eigenvalue weighted by atomic mass is 16.6. The van der Waals surface area contributed by atoms with Gasteiger partial charge in [0, 0.05) is 32.9 Å². The number of aliphatic hydroxyl groups is 1. The lowest BCUT2D eigenvalue weighted by Crippen LogP contribution is -2.48. The summed E-state index contributed by atoms with van der Waals surface area (Å²) in [7, 11) is 2.88. The maximum atomic E-state index is 12.9. The Labute approximate surface area is 188 Å². The molecule has 8 nitrogen and oxygen atoms in total. The van der Waals surface area contributed by atoms with Crippen LogP contribution in [0.5, 0.6) is 0 Å². The monoisotopic (exact) mass is 441 g/mol. The zero-order valence-corrected chi connectivity index (χ0v) is 18.4. The number of rotatable bonds is 12. The highest BCUT2D eigenvalue weighted by Crippen LogP contribution is 2.28. The van der Waals surface area contributed by atoms with E-state index in [1.807, 2.05) is 60.7 Å². The number of likely N-dealkylation sites (N-methyl/N-ethyl adjacent to an activating group) is 1. The number of nitrogens with one attached hydrogen (secondary N) is 1. The second-order valence-corrected chi connectivity index (χ2v) is 7.62. The van der Waals surface area contributed by atoms with Crippen LogP contribution in [-0.4, -0.2) is 60.8 Å². The van der Waals surface area contributed by atoms with Gasteiger partial charge in [-0.25, -0.2) is 0 Å². The van der Waals surface area contributed by atoms with E-state index in [1.165, 1.54) is 12.0 Å². The van der Waals surface area contributed by atoms with Crippen molar-refractivity contribution in [3.8, 4) is 0 Å². The summed E-state index contributed by atoms with van der Waals surface area (Å²) < 4.78 is 4.73. The van der Waals surface area contributed by atoms with E-state index in [4.69, 9.17) is 10.5 Å². The predicted molar refractivity (Wildman–Crippen MR) is 120 cm³/mol. The normalized spacial score (nSPS) is 12.8. The first-order valence-electron chi connectivity index (χ1n) is 10.4. The number of aliphatic hydroxyl groups excluding tert-OH is 1. The molecule has 2 atom stereocenters. The number of nitrogens with two attached hydrogens (primary N) is 1. The van der Waals surface area contributed by atoms with Crippen molar-refractivity contribution in [1.29, 1.82) is 0 Å². The Morgan fingerprint density at radius 2 is 1.53 bits per heavy atom. The third kappa shape index (κ3) is 7.79. The Morgan fingerprint density at radius 3 is 2.00 bits per heavy atom. The van der Waals surface area contributed by atoms with Gasteiger partial charge >= 0.3 is 0 Å². The van der Waals surface area contributed by atoms with E-state index < -0.39 is 24.1 Å². The molecule has 32 heavy (non-hydrogen) atoms. The van der Waals surface area contributed by atoms with Crippen molar-refractivity contribution in [2.75, 3.05) is 20.7 Å². The number of ether oxygens (including phenoxy) is 1. The summed E-state index contributed by atoms with van der Waals surface area (Å²) in [4.78, 5) is 38.3. The number of primary amides is 1. The van der Waals surface area contributed by atoms with Gasteiger partial charge in [0.1, 0.15) is 6.04 Å². The molecule has 8 heteroatoms. The number of hydrogen-bond donors (Lipinski definition) is 3. The van der Waals surface area contributed by atoms with E-state index in [9.17, 15) is 19.5 Å². The average Bonchev–Trinajstić information content (AvgIpc) is 2.80. The highest BCUT2D eigenvalue weighted by molar-refractivity contribution is 5.89. The minimum Gasteiger partial charge on any atom is -0.368 e. The van der Waals surface area contributed by atoms with E-state index >= 15 is 0 Å². The Morgan fingerprint density at radius 1 is 1.00 bits per heavy atom. The molecule has 172 valence electrons. The lowest BCUT2D eigenvalue weighted by molar-refractivity contribution is -0.136. The fourth-order valence-corrected chi connectivity index (χ4v) is 3.39. The minimum atomic E-state index is -1.05. The molecule has 0 fully saturated rings. The zero-order valence-electron chi connectivity index (χ0n) is 18.4. The molecule has 2 rings (SSSR count). The molecule has 3 amide bonds. The van der Waals surface area contributed by atoms with Gasteiger partial charge in [-0.3, -0.25) is 14.4 Å². The highest BCUT2D eigenvalue weighted by Gasteiger charge is 2.24. The van der Waals surface area contributed by atoms with Crippen LogP contribution in [0.2, 0.25) is 0 Å². The number of nitrogens with zero attached hydrogens (tertiary/aromatic N) is 1. The largest absolute Gasteiger partial charge is 0.368 e. The average molecular weight is 442 g/mol. The maximum absolute atomic E-state index is 12.9. The van der Waals surface area contributed by atoms with Crippen LogP contribution >= 0.6 is 0 Å². The summed E-state index contributed by atoms with van der Waals surface area (Å²) in [5, 5.41) is 12.0. The van der Waals surface area contributed by atoms with Gasteiger partial charge in [-0.1, -0.05) is 60.7 Å². The first-order valence-corrected chi connectivity index (χ1v) is 10.4. The summed E-state index contributed by atoms with van der Waals surface area (Å²) in [5.41, 5.74) is 7.36. The van der Waals surface area contributed by atoms with Gasteiger partial charge in [0.15, 0.2) is 6.29 Å². The van der Waals surface area contributed by atoms with Gasteiger partial charge in [0.25, 0.3) is 0 Å². The SMILES string of the molecule is COC(O)CCC(NC(=O)CN(C)C(=O)CC(c1ccccc1)c1ccccc1)C(N)=O. The van der Waals surface area contributed by atoms with Crippen LogP contribution in [0.15, 0.2) is 60.7 Å². The molecule has 0 aliphatic heterocycles. The van der Waals surface area contributed by atoms with Gasteiger partial charge in [0.05, 0.1) is 6.54 Å². The number of amides is 3. The van der Waals surface area contributed by atoms with E-state index in [0.717, 1.165) is 11.1 Å². The summed E-state index contributed by atoms with van der Waals surface area (Å²) >= 11 is 0. The van der Waals surface area contributed by atoms with Crippen LogP contribution in [0, 0.1) is 0 Å². The molecule has 0 aromatic heterocycles. The third-order valence-electron chi connectivity index (χ3n) is 5.24. The quantitative estimate of drug-likeness (QED) is 0.430. The zero-order chi connectivity index (χ0) is 23.5. The Hall–Kier alpha value is -3.23. The molecule has 4 N–H and O–H groups in total. The molecular weight excluding hydrogens is 410 g/mol. The Balaban J connectivity index is 2.00. The number of carbonyl (C=O) groups excluding carboxylic acids is 3. The first kappa shape index (κ1) is 25.0. The second-order valence-electron chi connectivity index (χ2n) is 7.62. The molecule has 0 saturated carbocycles. The molecule has 0 aliphatic rings. The molecule has 0 saturated heterocycles. The van der Waals surface area contributed by atoms with Crippen molar-refractivity contribution in [3.05, 3.63) is 71.8 Å². The molecule has 2 aromatic carbocycles. The fourth-order valence-electron chi connectivity index (χ4n) is 3.39. The van der Waals surface area contributed by atoms with Gasteiger partial charge < -0.3 is 25.8 Å². The van der Waals surface area contributed by atoms with E-state index in [1.54, 1.807) is 7.05 Å². The van der Waals surface area contributed by atoms with Gasteiger partial charge in [-0.15, -0.1) is 0 Å². The van der Waals surface area contributed by atoms with Crippen molar-refractivity contribution in [2.24, 2.45) is 5.73 Å². The van der Waals surface area contributed by atoms with Crippen LogP contribution in [0.4, 0.5) is 0 Å². The van der Waals surface area contributed by atoms with Gasteiger partial charge in [-0.05, 0) is 17.5 Å². The van der Waals surface area contributed by atoms with E-state index in [-0.39, 0.29) is 37.6 Å². The second kappa shape index (κ2) is 12.6. The van der Waals surface area contributed by atoms with Crippen LogP contribution < -0.4 is 11.1 Å². The standard InChI is InChI=1S/C24H31N3O5/c1-27(16-21(28)26-20(24(25)31)13-14-23(30)32-2)22(29)15-19(17-9-5-3-6-10-17)18-11-7-4-8-12-18/h3-12,19-20,23,30H,13-16H2,1-2H3,(H2,25,31)(H,26,28). The van der Waals surface area contributed by atoms with Crippen molar-refractivity contribution < 1.29 is 24.2 Å². The fraction of sp³-hybridized carbons (Fsp3) is 0.375. The maximum Gasteiger partial charge on any atom is 0.240 e. The van der Waals surface area contributed by atoms with E-state index in [2.05, 4.69) is 5.32 Å². The number of methoxy groups -OCH3 is 1. The summed E-state index contributed by atoms with van der Waals surface area (Å²) in [5.74, 6) is -1.58. The molecule has 0 heterocycles. The van der Waals surface area contributed by atoms with Gasteiger partial charge in [-0.2, -0.15) is 0 Å². The van der Waals surface area contributed by atoms with Crippen molar-refractivity contribution in [3.63, 3.8) is 0 Å². The molecular formula is C24H31N3O5. The summed E-state index contributed by atoms with van der Waals surface area (Å²) in [6, 6.07) is 18.5. The molecule has 2 aromatic rings. The van der Waals surface area contributed by atoms with Crippen LogP contribution in [-0.2, 0) is 19.1 Å². The number of benzene rings is 2. The van der Waals surface area contributed by atoms with Crippen molar-refractivity contribution in [2.45, 2.75) is 37.5 Å². The Bertz CT molecular complexity index is 836. The van der Waals surface area contributed by atoms with Crippen LogP contribution in [0.25, 0.3) is 0 Å². The molecule has 0 aliphatic carbocycles. The molecule has 0 radical (unpaired) electrons. The summed E-state index contributed by atoms with van der Waals surface area (Å²) in [6.45, 7) is -0.217. The number of hydrogen-bond acceptors (Lipinski definition) is 5. The lowest BCUT2D eigenvalue weighted by atomic mass is 9.88. The van der Waals surface area contributed by atoms with E-state index in [0.29, 0.717) is 0 Å². The van der Waals surface area contributed by atoms with Gasteiger partial charge in [0.2, 0.25) is 17.7 Å². The minimum absolute atomic E-state index is 0.123. The van der Waals surface area contributed by atoms with Crippen molar-refractivity contribution >= 4 is 17.7 Å². The Kier molecular flexibility index (Phi) is 9.84. The lowest BCUT2D eigenvalue weighted by Gasteiger charge is -2.23. The molecule has 2 unspecified atom stereocenters. The van der Waals surface area contributed by atoms with Crippen LogP contribution in [0.1, 0.15) is 36.3 Å². The smallest absolute Gasteiger partial charge is 0.240 e. The van der Waals surface area contributed by atoms with Crippen LogP contribution in [0.3, 0.4) is 0 Å². The molecule has 0 spiro atoms. The summed E-state index contributed by atoms with van der Waals surface area (Å²) in [6.07, 6.45) is -0.602. The topological polar surface area (TPSA) is 122 Å². The predicted octanol–water partition coefficient (Wildman–Crippen LogP) is 1.38.